The highest BCUT2D eigenvalue weighted by Crippen LogP contribution is 2.23. The third-order valence-corrected chi connectivity index (χ3v) is 3.73. The summed E-state index contributed by atoms with van der Waals surface area (Å²) < 4.78 is 0. The van der Waals surface area contributed by atoms with Crippen LogP contribution in [0.15, 0.2) is 42.6 Å². The highest BCUT2D eigenvalue weighted by Gasteiger charge is 2.26. The monoisotopic (exact) mass is 347 g/mol. The zero-order chi connectivity index (χ0) is 16.8. The molecule has 0 radical (unpaired) electrons. The number of benzene rings is 1. The number of aromatic nitrogens is 1. The van der Waals surface area contributed by atoms with Crippen molar-refractivity contribution < 1.29 is 9.59 Å². The molecule has 0 aliphatic rings. The summed E-state index contributed by atoms with van der Waals surface area (Å²) in [7, 11) is 0. The van der Waals surface area contributed by atoms with Gasteiger partial charge in [0.15, 0.2) is 11.7 Å². The van der Waals surface area contributed by atoms with E-state index in [0.717, 1.165) is 0 Å². The minimum Gasteiger partial charge on any atom is -0.309 e. The summed E-state index contributed by atoms with van der Waals surface area (Å²) in [6, 6.07) is 11.4. The Bertz CT molecular complexity index is 773. The van der Waals surface area contributed by atoms with Crippen LogP contribution in [0.2, 0.25) is 10.0 Å². The predicted molar refractivity (Wildman–Crippen MR) is 87.1 cm³/mol. The number of carbonyl (C=O) groups excluding carboxylic acids is 2. The number of carbonyl (C=O) groups is 2. The SMILES string of the molecule is N#CC(C(=O)Cc1ccc(Cl)c(Cl)c1)C(=O)Nc1ccccn1. The van der Waals surface area contributed by atoms with Crippen molar-refractivity contribution in [2.24, 2.45) is 5.92 Å². The second-order valence-electron chi connectivity index (χ2n) is 4.66. The van der Waals surface area contributed by atoms with E-state index in [4.69, 9.17) is 28.5 Å². The largest absolute Gasteiger partial charge is 0.309 e. The molecule has 116 valence electrons. The molecular formula is C16H11Cl2N3O2. The van der Waals surface area contributed by atoms with Gasteiger partial charge >= 0.3 is 0 Å². The molecule has 1 N–H and O–H groups in total. The van der Waals surface area contributed by atoms with Crippen molar-refractivity contribution in [3.63, 3.8) is 0 Å². The van der Waals surface area contributed by atoms with Gasteiger partial charge in [-0.25, -0.2) is 4.98 Å². The molecule has 0 aliphatic heterocycles. The van der Waals surface area contributed by atoms with E-state index in [1.807, 2.05) is 0 Å². The second-order valence-corrected chi connectivity index (χ2v) is 5.47. The van der Waals surface area contributed by atoms with Crippen LogP contribution in [0, 0.1) is 17.2 Å². The number of anilines is 1. The van der Waals surface area contributed by atoms with Crippen LogP contribution in [-0.4, -0.2) is 16.7 Å². The molecule has 2 aromatic rings. The number of Topliss-reactive ketones (excluding diaryl/α,β-unsaturated/α-hetero) is 1. The minimum absolute atomic E-state index is 0.0925. The van der Waals surface area contributed by atoms with Crippen LogP contribution in [0.1, 0.15) is 5.56 Å². The maximum atomic E-state index is 12.2. The van der Waals surface area contributed by atoms with Crippen LogP contribution in [0.4, 0.5) is 5.82 Å². The van der Waals surface area contributed by atoms with Crippen LogP contribution in [0.5, 0.6) is 0 Å². The molecule has 0 aliphatic carbocycles. The van der Waals surface area contributed by atoms with E-state index in [0.29, 0.717) is 15.6 Å². The Morgan fingerprint density at radius 1 is 1.22 bits per heavy atom. The van der Waals surface area contributed by atoms with Crippen LogP contribution in [0.25, 0.3) is 0 Å². The van der Waals surface area contributed by atoms with Crippen LogP contribution in [-0.2, 0) is 16.0 Å². The van der Waals surface area contributed by atoms with Crippen molar-refractivity contribution in [2.75, 3.05) is 5.32 Å². The lowest BCUT2D eigenvalue weighted by molar-refractivity contribution is -0.128. The average Bonchev–Trinajstić information content (AvgIpc) is 2.52. The molecule has 7 heteroatoms. The van der Waals surface area contributed by atoms with Gasteiger partial charge < -0.3 is 5.32 Å². The molecule has 0 bridgehead atoms. The second kappa shape index (κ2) is 7.73. The van der Waals surface area contributed by atoms with Gasteiger partial charge in [-0.1, -0.05) is 35.3 Å². The van der Waals surface area contributed by atoms with Gasteiger partial charge in [-0.05, 0) is 29.8 Å². The quantitative estimate of drug-likeness (QED) is 0.841. The van der Waals surface area contributed by atoms with E-state index in [1.54, 1.807) is 36.4 Å². The Balaban J connectivity index is 2.07. The summed E-state index contributed by atoms with van der Waals surface area (Å²) in [6.45, 7) is 0. The van der Waals surface area contributed by atoms with E-state index in [9.17, 15) is 9.59 Å². The van der Waals surface area contributed by atoms with Crippen molar-refractivity contribution in [2.45, 2.75) is 6.42 Å². The van der Waals surface area contributed by atoms with Crippen LogP contribution < -0.4 is 5.32 Å². The Kier molecular flexibility index (Phi) is 5.69. The van der Waals surface area contributed by atoms with Crippen molar-refractivity contribution in [1.82, 2.24) is 4.98 Å². The Morgan fingerprint density at radius 2 is 2.00 bits per heavy atom. The number of ketones is 1. The summed E-state index contributed by atoms with van der Waals surface area (Å²) in [5.41, 5.74) is 0.579. The first-order chi connectivity index (χ1) is 11.0. The number of hydrogen-bond donors (Lipinski definition) is 1. The summed E-state index contributed by atoms with van der Waals surface area (Å²) in [5, 5.41) is 12.2. The van der Waals surface area contributed by atoms with Crippen molar-refractivity contribution in [3.05, 3.63) is 58.2 Å². The number of amides is 1. The summed E-state index contributed by atoms with van der Waals surface area (Å²) >= 11 is 11.7. The van der Waals surface area contributed by atoms with E-state index in [-0.39, 0.29) is 12.2 Å². The first-order valence-electron chi connectivity index (χ1n) is 6.59. The fraction of sp³-hybridized carbons (Fsp3) is 0.125. The predicted octanol–water partition coefficient (Wildman–Crippen LogP) is 3.28. The normalized spacial score (nSPS) is 11.3. The standard InChI is InChI=1S/C16H11Cl2N3O2/c17-12-5-4-10(7-13(12)18)8-14(22)11(9-19)16(23)21-15-3-1-2-6-20-15/h1-7,11H,8H2,(H,20,21,23). The lowest BCUT2D eigenvalue weighted by Gasteiger charge is -2.09. The van der Waals surface area contributed by atoms with Gasteiger partial charge in [0, 0.05) is 12.6 Å². The molecule has 1 aromatic heterocycles. The van der Waals surface area contributed by atoms with Gasteiger partial charge in [-0.2, -0.15) is 5.26 Å². The number of nitriles is 1. The Labute approximate surface area is 142 Å². The fourth-order valence-corrected chi connectivity index (χ4v) is 2.19. The molecule has 0 fully saturated rings. The smallest absolute Gasteiger partial charge is 0.250 e. The lowest BCUT2D eigenvalue weighted by atomic mass is 9.98. The lowest BCUT2D eigenvalue weighted by Crippen LogP contribution is -2.30. The summed E-state index contributed by atoms with van der Waals surface area (Å²) in [6.07, 6.45) is 1.40. The number of halogens is 2. The highest BCUT2D eigenvalue weighted by molar-refractivity contribution is 6.42. The van der Waals surface area contributed by atoms with Crippen molar-refractivity contribution in [3.8, 4) is 6.07 Å². The zero-order valence-corrected chi connectivity index (χ0v) is 13.3. The molecule has 1 amide bonds. The highest BCUT2D eigenvalue weighted by atomic mass is 35.5. The first-order valence-corrected chi connectivity index (χ1v) is 7.35. The number of hydrogen-bond acceptors (Lipinski definition) is 4. The van der Waals surface area contributed by atoms with Gasteiger partial charge in [0.2, 0.25) is 0 Å². The molecular weight excluding hydrogens is 337 g/mol. The van der Waals surface area contributed by atoms with Gasteiger partial charge in [-0.15, -0.1) is 0 Å². The molecule has 1 aromatic carbocycles. The molecule has 0 saturated heterocycles. The topological polar surface area (TPSA) is 82.8 Å². The van der Waals surface area contributed by atoms with Crippen LogP contribution in [0.3, 0.4) is 0 Å². The van der Waals surface area contributed by atoms with E-state index in [1.165, 1.54) is 12.3 Å². The van der Waals surface area contributed by atoms with E-state index in [2.05, 4.69) is 10.3 Å². The van der Waals surface area contributed by atoms with Gasteiger partial charge in [0.05, 0.1) is 16.1 Å². The van der Waals surface area contributed by atoms with Crippen molar-refractivity contribution >= 4 is 40.7 Å². The summed E-state index contributed by atoms with van der Waals surface area (Å²) in [5.74, 6) is -2.39. The van der Waals surface area contributed by atoms with E-state index >= 15 is 0 Å². The minimum atomic E-state index is -1.42. The molecule has 1 atom stereocenters. The zero-order valence-electron chi connectivity index (χ0n) is 11.8. The fourth-order valence-electron chi connectivity index (χ4n) is 1.86. The van der Waals surface area contributed by atoms with Gasteiger partial charge in [0.25, 0.3) is 5.91 Å². The molecule has 0 saturated carbocycles. The van der Waals surface area contributed by atoms with E-state index < -0.39 is 17.6 Å². The Hall–Kier alpha value is -2.42. The number of nitrogens with zero attached hydrogens (tertiary/aromatic N) is 2. The number of nitrogens with one attached hydrogen (secondary N) is 1. The molecule has 0 spiro atoms. The maximum Gasteiger partial charge on any atom is 0.250 e. The third kappa shape index (κ3) is 4.52. The molecule has 1 unspecified atom stereocenters. The third-order valence-electron chi connectivity index (χ3n) is 2.99. The number of pyridine rings is 1. The molecule has 23 heavy (non-hydrogen) atoms. The van der Waals surface area contributed by atoms with Crippen LogP contribution >= 0.6 is 23.2 Å². The summed E-state index contributed by atoms with van der Waals surface area (Å²) in [4.78, 5) is 28.2. The first kappa shape index (κ1) is 16.9. The maximum absolute atomic E-state index is 12.2. The molecule has 5 nitrogen and oxygen atoms in total. The van der Waals surface area contributed by atoms with Gasteiger partial charge in [-0.3, -0.25) is 9.59 Å². The average molecular weight is 348 g/mol. The molecule has 1 heterocycles. The van der Waals surface area contributed by atoms with Gasteiger partial charge in [0.1, 0.15) is 5.82 Å². The Morgan fingerprint density at radius 3 is 2.61 bits per heavy atom. The van der Waals surface area contributed by atoms with Crippen molar-refractivity contribution in [1.29, 1.82) is 5.26 Å². The number of rotatable bonds is 5. The molecule has 2 rings (SSSR count).